The summed E-state index contributed by atoms with van der Waals surface area (Å²) in [7, 11) is -3.22. The van der Waals surface area contributed by atoms with Gasteiger partial charge in [0.1, 0.15) is 5.75 Å². The third kappa shape index (κ3) is 3.19. The van der Waals surface area contributed by atoms with Crippen LogP contribution in [-0.2, 0) is 14.6 Å². The Morgan fingerprint density at radius 3 is 2.59 bits per heavy atom. The Balaban J connectivity index is 1.95. The molecule has 1 aliphatic carbocycles. The molecule has 0 aromatic rings. The Bertz CT molecular complexity index is 407. The molecule has 2 rings (SSSR count). The lowest BCUT2D eigenvalue weighted by Gasteiger charge is -2.27. The van der Waals surface area contributed by atoms with Gasteiger partial charge in [-0.1, -0.05) is 0 Å². The molecule has 2 aliphatic rings. The summed E-state index contributed by atoms with van der Waals surface area (Å²) in [6.45, 7) is 1.40. The minimum atomic E-state index is -3.22. The average Bonchev–Trinajstić information content (AvgIpc) is 2.57. The van der Waals surface area contributed by atoms with E-state index in [9.17, 15) is 13.2 Å². The molecule has 17 heavy (non-hydrogen) atoms. The predicted molar refractivity (Wildman–Crippen MR) is 65.1 cm³/mol. The monoisotopic (exact) mass is 260 g/mol. The van der Waals surface area contributed by atoms with E-state index in [1.54, 1.807) is 4.90 Å². The van der Waals surface area contributed by atoms with Crippen molar-refractivity contribution in [3.8, 4) is 0 Å². The van der Waals surface area contributed by atoms with Gasteiger partial charge in [0.05, 0.1) is 0 Å². The number of hydrogen-bond acceptors (Lipinski definition) is 4. The molecular weight excluding hydrogens is 240 g/mol. The maximum atomic E-state index is 11.8. The molecule has 2 N–H and O–H groups in total. The van der Waals surface area contributed by atoms with Gasteiger partial charge in [-0.3, -0.25) is 4.79 Å². The summed E-state index contributed by atoms with van der Waals surface area (Å²) < 4.78 is 22.2. The fourth-order valence-corrected chi connectivity index (χ4v) is 3.62. The summed E-state index contributed by atoms with van der Waals surface area (Å²) in [5.74, 6) is 0.384. The molecule has 1 unspecified atom stereocenters. The standard InChI is InChI=1S/C11H20N2O3S/c1-17(15,16)7-11(14)13-5-8-2-3-10(12)4-9(8)6-13/h8-10H,2-7,12H2,1H3/t8-,9+,10?/m1/s1. The van der Waals surface area contributed by atoms with Crippen LogP contribution in [0, 0.1) is 11.8 Å². The average molecular weight is 260 g/mol. The maximum absolute atomic E-state index is 11.8. The highest BCUT2D eigenvalue weighted by atomic mass is 32.2. The molecule has 1 amide bonds. The van der Waals surface area contributed by atoms with Crippen molar-refractivity contribution < 1.29 is 13.2 Å². The second-order valence-corrected chi connectivity index (χ2v) is 7.60. The van der Waals surface area contributed by atoms with Gasteiger partial charge in [0, 0.05) is 25.4 Å². The number of nitrogens with two attached hydrogens (primary N) is 1. The fraction of sp³-hybridized carbons (Fsp3) is 0.909. The first-order valence-corrected chi connectivity index (χ1v) is 8.12. The van der Waals surface area contributed by atoms with Gasteiger partial charge in [-0.05, 0) is 31.1 Å². The van der Waals surface area contributed by atoms with E-state index in [4.69, 9.17) is 5.73 Å². The van der Waals surface area contributed by atoms with Crippen molar-refractivity contribution in [2.75, 3.05) is 25.1 Å². The van der Waals surface area contributed by atoms with Crippen LogP contribution in [0.4, 0.5) is 0 Å². The van der Waals surface area contributed by atoms with Gasteiger partial charge in [0.25, 0.3) is 0 Å². The summed E-state index contributed by atoms with van der Waals surface area (Å²) in [6, 6.07) is 0.251. The van der Waals surface area contributed by atoms with Crippen molar-refractivity contribution >= 4 is 15.7 Å². The normalized spacial score (nSPS) is 33.5. The lowest BCUT2D eigenvalue weighted by Crippen LogP contribution is -2.34. The molecule has 1 heterocycles. The quantitative estimate of drug-likeness (QED) is 0.733. The number of rotatable bonds is 2. The Morgan fingerprint density at radius 2 is 1.94 bits per heavy atom. The summed E-state index contributed by atoms with van der Waals surface area (Å²) in [6.07, 6.45) is 4.15. The molecule has 0 radical (unpaired) electrons. The fourth-order valence-electron chi connectivity index (χ4n) is 2.99. The van der Waals surface area contributed by atoms with Gasteiger partial charge < -0.3 is 10.6 Å². The third-order valence-corrected chi connectivity index (χ3v) is 4.60. The molecule has 6 heteroatoms. The molecule has 2 fully saturated rings. The van der Waals surface area contributed by atoms with E-state index in [2.05, 4.69) is 0 Å². The Morgan fingerprint density at radius 1 is 1.29 bits per heavy atom. The molecular formula is C11H20N2O3S. The number of hydrogen-bond donors (Lipinski definition) is 1. The minimum Gasteiger partial charge on any atom is -0.341 e. The van der Waals surface area contributed by atoms with Gasteiger partial charge in [0.15, 0.2) is 9.84 Å². The molecule has 1 saturated heterocycles. The Hall–Kier alpha value is -0.620. The van der Waals surface area contributed by atoms with Crippen LogP contribution in [0.3, 0.4) is 0 Å². The molecule has 98 valence electrons. The van der Waals surface area contributed by atoms with Crippen molar-refractivity contribution in [2.45, 2.75) is 25.3 Å². The van der Waals surface area contributed by atoms with Crippen LogP contribution in [0.25, 0.3) is 0 Å². The second kappa shape index (κ2) is 4.57. The van der Waals surface area contributed by atoms with Crippen molar-refractivity contribution in [3.05, 3.63) is 0 Å². The van der Waals surface area contributed by atoms with Crippen LogP contribution in [0.5, 0.6) is 0 Å². The zero-order valence-corrected chi connectivity index (χ0v) is 10.9. The van der Waals surface area contributed by atoms with Crippen molar-refractivity contribution in [1.82, 2.24) is 4.90 Å². The van der Waals surface area contributed by atoms with Crippen molar-refractivity contribution in [2.24, 2.45) is 17.6 Å². The van der Waals surface area contributed by atoms with Gasteiger partial charge >= 0.3 is 0 Å². The van der Waals surface area contributed by atoms with Crippen molar-refractivity contribution in [1.29, 1.82) is 0 Å². The molecule has 0 spiro atoms. The molecule has 0 bridgehead atoms. The van der Waals surface area contributed by atoms with Crippen molar-refractivity contribution in [3.63, 3.8) is 0 Å². The summed E-state index contributed by atoms with van der Waals surface area (Å²) >= 11 is 0. The first-order chi connectivity index (χ1) is 7.85. The lowest BCUT2D eigenvalue weighted by atomic mass is 9.79. The van der Waals surface area contributed by atoms with E-state index in [1.807, 2.05) is 0 Å². The molecule has 3 atom stereocenters. The largest absolute Gasteiger partial charge is 0.341 e. The number of amides is 1. The van der Waals surface area contributed by atoms with Crippen LogP contribution in [-0.4, -0.2) is 50.4 Å². The molecule has 1 saturated carbocycles. The number of sulfone groups is 1. The number of carbonyl (C=O) groups excluding carboxylic acids is 1. The highest BCUT2D eigenvalue weighted by Crippen LogP contribution is 2.35. The highest BCUT2D eigenvalue weighted by Gasteiger charge is 2.38. The van der Waals surface area contributed by atoms with E-state index < -0.39 is 9.84 Å². The van der Waals surface area contributed by atoms with Crippen LogP contribution in [0.15, 0.2) is 0 Å². The summed E-state index contributed by atoms with van der Waals surface area (Å²) in [5.41, 5.74) is 5.91. The number of likely N-dealkylation sites (tertiary alicyclic amines) is 1. The smallest absolute Gasteiger partial charge is 0.237 e. The first kappa shape index (κ1) is 12.8. The first-order valence-electron chi connectivity index (χ1n) is 6.06. The number of fused-ring (bicyclic) bond motifs is 1. The van der Waals surface area contributed by atoms with Crippen LogP contribution < -0.4 is 5.73 Å². The van der Waals surface area contributed by atoms with E-state index in [-0.39, 0.29) is 17.7 Å². The highest BCUT2D eigenvalue weighted by molar-refractivity contribution is 7.91. The Kier molecular flexibility index (Phi) is 3.45. The lowest BCUT2D eigenvalue weighted by molar-refractivity contribution is -0.127. The van der Waals surface area contributed by atoms with E-state index in [0.717, 1.165) is 25.5 Å². The molecule has 1 aliphatic heterocycles. The van der Waals surface area contributed by atoms with Gasteiger partial charge in [0.2, 0.25) is 5.91 Å². The zero-order chi connectivity index (χ0) is 12.6. The SMILES string of the molecule is CS(=O)(=O)CC(=O)N1C[C@H]2CCC(N)C[C@H]2C1. The molecule has 0 aromatic carbocycles. The Labute approximate surface area is 102 Å². The van der Waals surface area contributed by atoms with Crippen LogP contribution in [0.1, 0.15) is 19.3 Å². The molecule has 5 nitrogen and oxygen atoms in total. The minimum absolute atomic E-state index is 0.251. The topological polar surface area (TPSA) is 80.5 Å². The number of nitrogens with zero attached hydrogens (tertiary/aromatic N) is 1. The summed E-state index contributed by atoms with van der Waals surface area (Å²) in [5, 5.41) is 0. The third-order valence-electron chi connectivity index (χ3n) is 3.83. The zero-order valence-electron chi connectivity index (χ0n) is 10.1. The van der Waals surface area contributed by atoms with Crippen LogP contribution >= 0.6 is 0 Å². The second-order valence-electron chi connectivity index (χ2n) is 5.46. The maximum Gasteiger partial charge on any atom is 0.237 e. The van der Waals surface area contributed by atoms with Gasteiger partial charge in [-0.2, -0.15) is 0 Å². The van der Waals surface area contributed by atoms with E-state index in [1.165, 1.54) is 0 Å². The van der Waals surface area contributed by atoms with Crippen LogP contribution in [0.2, 0.25) is 0 Å². The van der Waals surface area contributed by atoms with Gasteiger partial charge in [-0.15, -0.1) is 0 Å². The summed E-state index contributed by atoms with van der Waals surface area (Å²) in [4.78, 5) is 13.5. The van der Waals surface area contributed by atoms with E-state index in [0.29, 0.717) is 24.9 Å². The van der Waals surface area contributed by atoms with E-state index >= 15 is 0 Å². The molecule has 0 aromatic heterocycles. The predicted octanol–water partition coefficient (Wildman–Crippen LogP) is -0.383. The van der Waals surface area contributed by atoms with Gasteiger partial charge in [-0.25, -0.2) is 8.42 Å². The number of carbonyl (C=O) groups is 1.